The van der Waals surface area contributed by atoms with Crippen LogP contribution >= 0.6 is 0 Å². The summed E-state index contributed by atoms with van der Waals surface area (Å²) in [5.41, 5.74) is 5.28. The summed E-state index contributed by atoms with van der Waals surface area (Å²) < 4.78 is 0. The van der Waals surface area contributed by atoms with Gasteiger partial charge in [-0.3, -0.25) is 4.79 Å². The van der Waals surface area contributed by atoms with Crippen LogP contribution in [0.15, 0.2) is 0 Å². The third-order valence-corrected chi connectivity index (χ3v) is 2.10. The number of carbonyl (C=O) groups is 2. The monoisotopic (exact) mass is 241 g/mol. The van der Waals surface area contributed by atoms with Crippen molar-refractivity contribution in [1.82, 2.24) is 20.7 Å². The fourth-order valence-corrected chi connectivity index (χ4v) is 1.33. The maximum atomic E-state index is 11.6. The molecule has 94 valence electrons. The molecule has 0 aliphatic rings. The number of aromatic nitrogens is 3. The fourth-order valence-electron chi connectivity index (χ4n) is 1.33. The first-order chi connectivity index (χ1) is 7.91. The average molecular weight is 241 g/mol. The van der Waals surface area contributed by atoms with Crippen LogP contribution in [0, 0.1) is 5.92 Å². The lowest BCUT2D eigenvalue weighted by atomic mass is 10.0. The number of hydrogen-bond donors (Lipinski definition) is 4. The number of carboxylic acids is 1. The van der Waals surface area contributed by atoms with E-state index in [0.717, 1.165) is 0 Å². The zero-order valence-electron chi connectivity index (χ0n) is 9.60. The van der Waals surface area contributed by atoms with Gasteiger partial charge >= 0.3 is 5.97 Å². The molecular formula is C9H15N5O3. The van der Waals surface area contributed by atoms with Crippen LogP contribution in [0.1, 0.15) is 30.8 Å². The maximum absolute atomic E-state index is 11.6. The number of anilines is 1. The van der Waals surface area contributed by atoms with E-state index in [1.165, 1.54) is 0 Å². The molecule has 17 heavy (non-hydrogen) atoms. The lowest BCUT2D eigenvalue weighted by molar-refractivity contribution is -0.139. The van der Waals surface area contributed by atoms with Crippen LogP contribution in [-0.4, -0.2) is 38.4 Å². The predicted octanol–water partition coefficient (Wildman–Crippen LogP) is -0.384. The lowest BCUT2D eigenvalue weighted by Gasteiger charge is -2.15. The molecule has 1 heterocycles. The smallest absolute Gasteiger partial charge is 0.326 e. The molecule has 0 saturated carbocycles. The van der Waals surface area contributed by atoms with Crippen molar-refractivity contribution in [2.24, 2.45) is 5.92 Å². The van der Waals surface area contributed by atoms with Gasteiger partial charge in [-0.15, -0.1) is 10.2 Å². The van der Waals surface area contributed by atoms with Gasteiger partial charge in [-0.2, -0.15) is 5.21 Å². The SMILES string of the molecule is CC(C)CC(NC(=O)c1n[nH]nc1N)C(=O)O. The summed E-state index contributed by atoms with van der Waals surface area (Å²) in [7, 11) is 0. The molecule has 8 heteroatoms. The van der Waals surface area contributed by atoms with Crippen LogP contribution in [0.3, 0.4) is 0 Å². The van der Waals surface area contributed by atoms with Gasteiger partial charge in [-0.05, 0) is 12.3 Å². The van der Waals surface area contributed by atoms with Gasteiger partial charge < -0.3 is 16.2 Å². The quantitative estimate of drug-likeness (QED) is 0.555. The Morgan fingerprint density at radius 3 is 2.53 bits per heavy atom. The van der Waals surface area contributed by atoms with Crippen LogP contribution < -0.4 is 11.1 Å². The third-order valence-electron chi connectivity index (χ3n) is 2.10. The molecule has 0 saturated heterocycles. The van der Waals surface area contributed by atoms with Crippen LogP contribution in [0.25, 0.3) is 0 Å². The van der Waals surface area contributed by atoms with Crippen molar-refractivity contribution < 1.29 is 14.7 Å². The third kappa shape index (κ3) is 3.44. The molecule has 0 spiro atoms. The molecule has 1 aromatic rings. The Morgan fingerprint density at radius 1 is 1.47 bits per heavy atom. The van der Waals surface area contributed by atoms with Crippen molar-refractivity contribution in [1.29, 1.82) is 0 Å². The summed E-state index contributed by atoms with van der Waals surface area (Å²) in [6.07, 6.45) is 0.332. The minimum atomic E-state index is -1.09. The summed E-state index contributed by atoms with van der Waals surface area (Å²) in [6.45, 7) is 3.74. The first-order valence-corrected chi connectivity index (χ1v) is 5.11. The molecule has 1 aromatic heterocycles. The Bertz CT molecular complexity index is 415. The Balaban J connectivity index is 2.71. The number of carbonyl (C=O) groups excluding carboxylic acids is 1. The molecule has 0 aliphatic heterocycles. The second-order valence-electron chi connectivity index (χ2n) is 4.05. The van der Waals surface area contributed by atoms with Gasteiger partial charge in [0, 0.05) is 0 Å². The first-order valence-electron chi connectivity index (χ1n) is 5.11. The second-order valence-corrected chi connectivity index (χ2v) is 4.05. The molecule has 0 aliphatic carbocycles. The molecule has 0 aromatic carbocycles. The average Bonchev–Trinajstić information content (AvgIpc) is 2.62. The molecule has 0 radical (unpaired) electrons. The molecule has 0 bridgehead atoms. The van der Waals surface area contributed by atoms with E-state index >= 15 is 0 Å². The van der Waals surface area contributed by atoms with Crippen LogP contribution in [0.4, 0.5) is 5.82 Å². The zero-order chi connectivity index (χ0) is 13.0. The van der Waals surface area contributed by atoms with Crippen LogP contribution in [0.5, 0.6) is 0 Å². The standard InChI is InChI=1S/C9H15N5O3/c1-4(2)3-5(9(16)17)11-8(15)6-7(10)13-14-12-6/h4-5H,3H2,1-2H3,(H,11,15)(H,16,17)(H3,10,12,13,14). The van der Waals surface area contributed by atoms with Crippen molar-refractivity contribution in [3.8, 4) is 0 Å². The predicted molar refractivity (Wildman–Crippen MR) is 59.1 cm³/mol. The minimum absolute atomic E-state index is 0.0591. The molecule has 1 amide bonds. The number of nitrogens with zero attached hydrogens (tertiary/aromatic N) is 2. The normalized spacial score (nSPS) is 12.4. The Labute approximate surface area is 97.6 Å². The van der Waals surface area contributed by atoms with Crippen LogP contribution in [-0.2, 0) is 4.79 Å². The Kier molecular flexibility index (Phi) is 4.02. The van der Waals surface area contributed by atoms with E-state index in [0.29, 0.717) is 6.42 Å². The number of nitrogen functional groups attached to an aromatic ring is 1. The van der Waals surface area contributed by atoms with E-state index in [4.69, 9.17) is 10.8 Å². The molecule has 8 nitrogen and oxygen atoms in total. The van der Waals surface area contributed by atoms with Crippen LogP contribution in [0.2, 0.25) is 0 Å². The summed E-state index contributed by atoms with van der Waals surface area (Å²) in [6, 6.07) is -0.960. The van der Waals surface area contributed by atoms with Gasteiger partial charge in [0.1, 0.15) is 6.04 Å². The summed E-state index contributed by atoms with van der Waals surface area (Å²) in [4.78, 5) is 22.6. The van der Waals surface area contributed by atoms with Gasteiger partial charge in [-0.1, -0.05) is 13.8 Å². The summed E-state index contributed by atoms with van der Waals surface area (Å²) in [5.74, 6) is -1.65. The minimum Gasteiger partial charge on any atom is -0.480 e. The highest BCUT2D eigenvalue weighted by molar-refractivity contribution is 5.98. The highest BCUT2D eigenvalue weighted by Gasteiger charge is 2.24. The van der Waals surface area contributed by atoms with E-state index in [1.54, 1.807) is 0 Å². The number of aliphatic carboxylic acids is 1. The molecule has 5 N–H and O–H groups in total. The molecule has 1 rings (SSSR count). The van der Waals surface area contributed by atoms with Crippen molar-refractivity contribution in [3.63, 3.8) is 0 Å². The second kappa shape index (κ2) is 5.28. The molecule has 1 unspecified atom stereocenters. The number of carboxylic acid groups (broad SMARTS) is 1. The number of hydrogen-bond acceptors (Lipinski definition) is 5. The van der Waals surface area contributed by atoms with Crippen molar-refractivity contribution in [3.05, 3.63) is 5.69 Å². The first kappa shape index (κ1) is 12.9. The van der Waals surface area contributed by atoms with E-state index in [9.17, 15) is 9.59 Å². The number of H-pyrrole nitrogens is 1. The summed E-state index contributed by atoms with van der Waals surface area (Å²) in [5, 5.41) is 20.5. The van der Waals surface area contributed by atoms with E-state index in [2.05, 4.69) is 20.7 Å². The molecular weight excluding hydrogens is 226 g/mol. The lowest BCUT2D eigenvalue weighted by Crippen LogP contribution is -2.42. The number of nitrogens with one attached hydrogen (secondary N) is 2. The maximum Gasteiger partial charge on any atom is 0.326 e. The van der Waals surface area contributed by atoms with Crippen molar-refractivity contribution in [2.75, 3.05) is 5.73 Å². The highest BCUT2D eigenvalue weighted by Crippen LogP contribution is 2.07. The largest absolute Gasteiger partial charge is 0.480 e. The Hall–Kier alpha value is -2.12. The number of amides is 1. The van der Waals surface area contributed by atoms with E-state index in [1.807, 2.05) is 13.8 Å². The van der Waals surface area contributed by atoms with Crippen molar-refractivity contribution in [2.45, 2.75) is 26.3 Å². The highest BCUT2D eigenvalue weighted by atomic mass is 16.4. The zero-order valence-corrected chi connectivity index (χ0v) is 9.60. The van der Waals surface area contributed by atoms with Gasteiger partial charge in [0.05, 0.1) is 0 Å². The van der Waals surface area contributed by atoms with Gasteiger partial charge in [-0.25, -0.2) is 4.79 Å². The van der Waals surface area contributed by atoms with E-state index < -0.39 is 17.9 Å². The molecule has 1 atom stereocenters. The van der Waals surface area contributed by atoms with E-state index in [-0.39, 0.29) is 17.4 Å². The fraction of sp³-hybridized carbons (Fsp3) is 0.556. The number of aromatic amines is 1. The van der Waals surface area contributed by atoms with Gasteiger partial charge in [0.25, 0.3) is 5.91 Å². The summed E-state index contributed by atoms with van der Waals surface area (Å²) >= 11 is 0. The van der Waals surface area contributed by atoms with Crippen molar-refractivity contribution >= 4 is 17.7 Å². The number of nitrogens with two attached hydrogens (primary N) is 1. The van der Waals surface area contributed by atoms with Gasteiger partial charge in [0.2, 0.25) is 0 Å². The number of rotatable bonds is 5. The topological polar surface area (TPSA) is 134 Å². The Morgan fingerprint density at radius 2 is 2.12 bits per heavy atom. The molecule has 0 fully saturated rings. The van der Waals surface area contributed by atoms with Gasteiger partial charge in [0.15, 0.2) is 11.5 Å².